The Hall–Kier alpha value is -2.08. The van der Waals surface area contributed by atoms with E-state index in [4.69, 9.17) is 9.84 Å². The quantitative estimate of drug-likeness (QED) is 0.786. The van der Waals surface area contributed by atoms with Gasteiger partial charge >= 0.3 is 12.0 Å². The van der Waals surface area contributed by atoms with E-state index in [1.165, 1.54) is 0 Å². The van der Waals surface area contributed by atoms with Gasteiger partial charge in [-0.3, -0.25) is 0 Å². The van der Waals surface area contributed by atoms with Gasteiger partial charge in [-0.05, 0) is 23.6 Å². The third-order valence-corrected chi connectivity index (χ3v) is 2.93. The maximum absolute atomic E-state index is 11.5. The van der Waals surface area contributed by atoms with Crippen LogP contribution < -0.4 is 5.32 Å². The molecular weight excluding hydrogens is 248 g/mol. The fourth-order valence-electron chi connectivity index (χ4n) is 1.94. The zero-order chi connectivity index (χ0) is 13.8. The molecule has 1 aliphatic heterocycles. The molecule has 0 aliphatic carbocycles. The molecule has 6 heteroatoms. The first-order valence-electron chi connectivity index (χ1n) is 5.99. The number of hydrogen-bond acceptors (Lipinski definition) is 3. The number of hydrogen-bond donors (Lipinski definition) is 2. The van der Waals surface area contributed by atoms with Crippen molar-refractivity contribution in [2.45, 2.75) is 13.0 Å². The normalized spacial score (nSPS) is 13.9. The Kier molecular flexibility index (Phi) is 4.01. The first-order chi connectivity index (χ1) is 9.06. The van der Waals surface area contributed by atoms with E-state index in [-0.39, 0.29) is 12.6 Å². The monoisotopic (exact) mass is 264 g/mol. The number of carbonyl (C=O) groups is 2. The lowest BCUT2D eigenvalue weighted by Crippen LogP contribution is -2.35. The van der Waals surface area contributed by atoms with E-state index >= 15 is 0 Å². The van der Waals surface area contributed by atoms with Gasteiger partial charge in [-0.1, -0.05) is 12.1 Å². The number of nitrogens with zero attached hydrogens (tertiary/aromatic N) is 1. The summed E-state index contributed by atoms with van der Waals surface area (Å²) in [5, 5.41) is 11.2. The van der Waals surface area contributed by atoms with Crippen LogP contribution in [0.3, 0.4) is 0 Å². The molecule has 0 atom stereocenters. The van der Waals surface area contributed by atoms with E-state index in [1.807, 2.05) is 18.2 Å². The standard InChI is InChI=1S/C13H16N2O4/c1-15-7-10-6-9(4-5-19-8-12(16)17)2-3-11(10)14-13(15)18/h2-3,6H,4-5,7-8H2,1H3,(H,14,18)(H,16,17). The Labute approximate surface area is 111 Å². The molecule has 0 saturated carbocycles. The molecule has 0 aromatic heterocycles. The fourth-order valence-corrected chi connectivity index (χ4v) is 1.94. The predicted octanol–water partition coefficient (Wildman–Crippen LogP) is 1.31. The van der Waals surface area contributed by atoms with E-state index in [1.54, 1.807) is 11.9 Å². The SMILES string of the molecule is CN1Cc2cc(CCOCC(=O)O)ccc2NC1=O. The van der Waals surface area contributed by atoms with Crippen LogP contribution in [0.1, 0.15) is 11.1 Å². The van der Waals surface area contributed by atoms with E-state index < -0.39 is 5.97 Å². The van der Waals surface area contributed by atoms with E-state index in [0.717, 1.165) is 16.8 Å². The first-order valence-corrected chi connectivity index (χ1v) is 5.99. The summed E-state index contributed by atoms with van der Waals surface area (Å²) >= 11 is 0. The summed E-state index contributed by atoms with van der Waals surface area (Å²) in [6.07, 6.45) is 0.651. The Morgan fingerprint density at radius 1 is 1.53 bits per heavy atom. The van der Waals surface area contributed by atoms with Gasteiger partial charge in [0.1, 0.15) is 6.61 Å². The Bertz CT molecular complexity index is 501. The summed E-state index contributed by atoms with van der Waals surface area (Å²) < 4.78 is 5.00. The number of ether oxygens (including phenoxy) is 1. The van der Waals surface area contributed by atoms with Gasteiger partial charge in [-0.2, -0.15) is 0 Å². The lowest BCUT2D eigenvalue weighted by atomic mass is 10.0. The van der Waals surface area contributed by atoms with Crippen LogP contribution in [-0.4, -0.2) is 42.3 Å². The van der Waals surface area contributed by atoms with Gasteiger partial charge in [-0.15, -0.1) is 0 Å². The van der Waals surface area contributed by atoms with Gasteiger partial charge in [0.15, 0.2) is 0 Å². The number of fused-ring (bicyclic) bond motifs is 1. The molecule has 2 N–H and O–H groups in total. The van der Waals surface area contributed by atoms with E-state index in [9.17, 15) is 9.59 Å². The molecule has 1 aromatic rings. The van der Waals surface area contributed by atoms with E-state index in [0.29, 0.717) is 19.6 Å². The van der Waals surface area contributed by atoms with Crippen LogP contribution in [-0.2, 0) is 22.5 Å². The summed E-state index contributed by atoms with van der Waals surface area (Å²) in [6, 6.07) is 5.68. The van der Waals surface area contributed by atoms with Gasteiger partial charge in [-0.25, -0.2) is 9.59 Å². The Balaban J connectivity index is 1.95. The molecule has 0 spiro atoms. The summed E-state index contributed by atoms with van der Waals surface area (Å²) in [5.74, 6) is -0.963. The summed E-state index contributed by atoms with van der Waals surface area (Å²) in [4.78, 5) is 23.4. The summed E-state index contributed by atoms with van der Waals surface area (Å²) in [6.45, 7) is 0.669. The number of amides is 2. The summed E-state index contributed by atoms with van der Waals surface area (Å²) in [7, 11) is 1.74. The average molecular weight is 264 g/mol. The molecule has 0 radical (unpaired) electrons. The van der Waals surface area contributed by atoms with Crippen molar-refractivity contribution in [1.29, 1.82) is 0 Å². The minimum absolute atomic E-state index is 0.106. The number of carboxylic acids is 1. The van der Waals surface area contributed by atoms with Crippen molar-refractivity contribution >= 4 is 17.7 Å². The lowest BCUT2D eigenvalue weighted by molar-refractivity contribution is -0.142. The number of carboxylic acid groups (broad SMARTS) is 1. The maximum atomic E-state index is 11.5. The number of carbonyl (C=O) groups excluding carboxylic acids is 1. The molecular formula is C13H16N2O4. The second kappa shape index (κ2) is 5.71. The van der Waals surface area contributed by atoms with Gasteiger partial charge < -0.3 is 20.1 Å². The molecule has 1 aliphatic rings. The van der Waals surface area contributed by atoms with Gasteiger partial charge in [0.25, 0.3) is 0 Å². The zero-order valence-electron chi connectivity index (χ0n) is 10.7. The molecule has 0 saturated heterocycles. The third-order valence-electron chi connectivity index (χ3n) is 2.93. The van der Waals surface area contributed by atoms with E-state index in [2.05, 4.69) is 5.32 Å². The summed E-state index contributed by atoms with van der Waals surface area (Å²) in [5.41, 5.74) is 2.95. The highest BCUT2D eigenvalue weighted by Crippen LogP contribution is 2.23. The van der Waals surface area contributed by atoms with Crippen LogP contribution >= 0.6 is 0 Å². The third kappa shape index (κ3) is 3.45. The molecule has 1 aromatic carbocycles. The van der Waals surface area contributed by atoms with Crippen molar-refractivity contribution in [2.75, 3.05) is 25.6 Å². The van der Waals surface area contributed by atoms with Crippen molar-refractivity contribution in [3.63, 3.8) is 0 Å². The first kappa shape index (κ1) is 13.4. The number of nitrogens with one attached hydrogen (secondary N) is 1. The van der Waals surface area contributed by atoms with Crippen molar-refractivity contribution in [2.24, 2.45) is 0 Å². The van der Waals surface area contributed by atoms with Crippen LogP contribution in [0.4, 0.5) is 10.5 Å². The highest BCUT2D eigenvalue weighted by molar-refractivity contribution is 5.92. The highest BCUT2D eigenvalue weighted by atomic mass is 16.5. The highest BCUT2D eigenvalue weighted by Gasteiger charge is 2.18. The molecule has 102 valence electrons. The van der Waals surface area contributed by atoms with Crippen LogP contribution in [0.25, 0.3) is 0 Å². The largest absolute Gasteiger partial charge is 0.480 e. The second-order valence-electron chi connectivity index (χ2n) is 4.47. The van der Waals surface area contributed by atoms with Gasteiger partial charge in [0.05, 0.1) is 6.61 Å². The van der Waals surface area contributed by atoms with Crippen molar-refractivity contribution in [1.82, 2.24) is 4.90 Å². The predicted molar refractivity (Wildman–Crippen MR) is 69.1 cm³/mol. The van der Waals surface area contributed by atoms with Crippen molar-refractivity contribution in [3.05, 3.63) is 29.3 Å². The molecule has 0 fully saturated rings. The number of anilines is 1. The smallest absolute Gasteiger partial charge is 0.329 e. The molecule has 6 nitrogen and oxygen atoms in total. The lowest BCUT2D eigenvalue weighted by Gasteiger charge is -2.26. The average Bonchev–Trinajstić information content (AvgIpc) is 2.36. The molecule has 2 amide bonds. The number of urea groups is 1. The van der Waals surface area contributed by atoms with Gasteiger partial charge in [0.2, 0.25) is 0 Å². The number of aliphatic carboxylic acids is 1. The topological polar surface area (TPSA) is 78.9 Å². The number of rotatable bonds is 5. The second-order valence-corrected chi connectivity index (χ2v) is 4.47. The Morgan fingerprint density at radius 2 is 2.32 bits per heavy atom. The molecule has 19 heavy (non-hydrogen) atoms. The Morgan fingerprint density at radius 3 is 3.05 bits per heavy atom. The van der Waals surface area contributed by atoms with Crippen LogP contribution in [0, 0.1) is 0 Å². The fraction of sp³-hybridized carbons (Fsp3) is 0.385. The molecule has 2 rings (SSSR count). The van der Waals surface area contributed by atoms with Crippen molar-refractivity contribution < 1.29 is 19.4 Å². The van der Waals surface area contributed by atoms with Crippen LogP contribution in [0.2, 0.25) is 0 Å². The number of benzene rings is 1. The molecule has 0 bridgehead atoms. The maximum Gasteiger partial charge on any atom is 0.329 e. The molecule has 1 heterocycles. The van der Waals surface area contributed by atoms with Crippen LogP contribution in [0.15, 0.2) is 18.2 Å². The van der Waals surface area contributed by atoms with Crippen molar-refractivity contribution in [3.8, 4) is 0 Å². The minimum atomic E-state index is -0.963. The van der Waals surface area contributed by atoms with Crippen LogP contribution in [0.5, 0.6) is 0 Å². The minimum Gasteiger partial charge on any atom is -0.480 e. The van der Waals surface area contributed by atoms with Gasteiger partial charge in [0, 0.05) is 19.3 Å². The molecule has 0 unspecified atom stereocenters. The zero-order valence-corrected chi connectivity index (χ0v) is 10.7.